The van der Waals surface area contributed by atoms with Crippen LogP contribution in [-0.4, -0.2) is 16.2 Å². The van der Waals surface area contributed by atoms with E-state index in [0.717, 1.165) is 23.7 Å². The molecular formula is C16H17F2NO. The van der Waals surface area contributed by atoms with Crippen molar-refractivity contribution in [3.05, 3.63) is 65.0 Å². The van der Waals surface area contributed by atoms with Gasteiger partial charge in [-0.3, -0.25) is 4.98 Å². The van der Waals surface area contributed by atoms with E-state index in [9.17, 15) is 13.9 Å². The maximum atomic E-state index is 13.1. The molecule has 1 aromatic heterocycles. The Kier molecular flexibility index (Phi) is 4.79. The van der Waals surface area contributed by atoms with Crippen LogP contribution in [0.4, 0.5) is 8.78 Å². The van der Waals surface area contributed by atoms with Crippen molar-refractivity contribution >= 4 is 0 Å². The van der Waals surface area contributed by atoms with Crippen molar-refractivity contribution in [2.45, 2.75) is 32.3 Å². The summed E-state index contributed by atoms with van der Waals surface area (Å²) in [7, 11) is 0. The molecule has 0 aliphatic heterocycles. The molecule has 106 valence electrons. The summed E-state index contributed by atoms with van der Waals surface area (Å²) in [6.45, 7) is 2.05. The Labute approximate surface area is 117 Å². The van der Waals surface area contributed by atoms with E-state index in [1.54, 1.807) is 6.20 Å². The minimum absolute atomic E-state index is 0.200. The topological polar surface area (TPSA) is 33.1 Å². The Morgan fingerprint density at radius 3 is 2.30 bits per heavy atom. The number of aliphatic hydroxyl groups excluding tert-OH is 1. The first kappa shape index (κ1) is 14.6. The quantitative estimate of drug-likeness (QED) is 0.911. The third-order valence-electron chi connectivity index (χ3n) is 3.13. The SMILES string of the molecule is CCc1ccc(CC(O)Cc2cc(F)cc(F)c2)nc1. The van der Waals surface area contributed by atoms with Crippen LogP contribution >= 0.6 is 0 Å². The highest BCUT2D eigenvalue weighted by Crippen LogP contribution is 2.12. The van der Waals surface area contributed by atoms with Crippen LogP contribution in [0.25, 0.3) is 0 Å². The molecule has 4 heteroatoms. The van der Waals surface area contributed by atoms with Crippen LogP contribution in [0.2, 0.25) is 0 Å². The molecule has 1 heterocycles. The minimum Gasteiger partial charge on any atom is -0.392 e. The first-order valence-corrected chi connectivity index (χ1v) is 6.63. The molecule has 2 aromatic rings. The lowest BCUT2D eigenvalue weighted by Crippen LogP contribution is -2.15. The number of rotatable bonds is 5. The molecule has 1 atom stereocenters. The van der Waals surface area contributed by atoms with Crippen LogP contribution in [0.15, 0.2) is 36.5 Å². The van der Waals surface area contributed by atoms with Gasteiger partial charge >= 0.3 is 0 Å². The van der Waals surface area contributed by atoms with E-state index >= 15 is 0 Å². The van der Waals surface area contributed by atoms with Crippen molar-refractivity contribution in [2.24, 2.45) is 0 Å². The second kappa shape index (κ2) is 6.57. The molecule has 1 unspecified atom stereocenters. The summed E-state index contributed by atoms with van der Waals surface area (Å²) in [6, 6.07) is 7.13. The van der Waals surface area contributed by atoms with Gasteiger partial charge in [0.15, 0.2) is 0 Å². The van der Waals surface area contributed by atoms with Crippen LogP contribution in [0.3, 0.4) is 0 Å². The fourth-order valence-corrected chi connectivity index (χ4v) is 2.10. The summed E-state index contributed by atoms with van der Waals surface area (Å²) in [5.41, 5.74) is 2.35. The number of aliphatic hydroxyl groups is 1. The second-order valence-electron chi connectivity index (χ2n) is 4.85. The van der Waals surface area contributed by atoms with Gasteiger partial charge in [0.25, 0.3) is 0 Å². The Morgan fingerprint density at radius 2 is 1.75 bits per heavy atom. The highest BCUT2D eigenvalue weighted by atomic mass is 19.1. The van der Waals surface area contributed by atoms with Gasteiger partial charge in [0.1, 0.15) is 11.6 Å². The van der Waals surface area contributed by atoms with E-state index in [0.29, 0.717) is 12.0 Å². The smallest absolute Gasteiger partial charge is 0.126 e. The Hall–Kier alpha value is -1.81. The summed E-state index contributed by atoms with van der Waals surface area (Å²) >= 11 is 0. The third-order valence-corrected chi connectivity index (χ3v) is 3.13. The number of aromatic nitrogens is 1. The van der Waals surface area contributed by atoms with Gasteiger partial charge < -0.3 is 5.11 Å². The van der Waals surface area contributed by atoms with Crippen molar-refractivity contribution in [1.29, 1.82) is 0 Å². The summed E-state index contributed by atoms with van der Waals surface area (Å²) in [5, 5.41) is 9.98. The standard InChI is InChI=1S/C16H17F2NO/c1-2-11-3-4-15(19-10-11)9-16(20)7-12-5-13(17)8-14(18)6-12/h3-6,8,10,16,20H,2,7,9H2,1H3. The summed E-state index contributed by atoms with van der Waals surface area (Å²) in [5.74, 6) is -1.25. The molecule has 0 fully saturated rings. The Bertz CT molecular complexity index is 549. The van der Waals surface area contributed by atoms with E-state index in [1.165, 1.54) is 12.1 Å². The van der Waals surface area contributed by atoms with Crippen molar-refractivity contribution in [3.63, 3.8) is 0 Å². The molecular weight excluding hydrogens is 260 g/mol. The molecule has 0 saturated heterocycles. The van der Waals surface area contributed by atoms with Crippen molar-refractivity contribution in [3.8, 4) is 0 Å². The van der Waals surface area contributed by atoms with Crippen LogP contribution in [0, 0.1) is 11.6 Å². The molecule has 1 aromatic carbocycles. The summed E-state index contributed by atoms with van der Waals surface area (Å²) < 4.78 is 26.1. The molecule has 0 aliphatic rings. The molecule has 0 saturated carbocycles. The highest BCUT2D eigenvalue weighted by Gasteiger charge is 2.10. The van der Waals surface area contributed by atoms with Crippen molar-refractivity contribution in [1.82, 2.24) is 4.98 Å². The number of benzene rings is 1. The minimum atomic E-state index is -0.712. The van der Waals surface area contributed by atoms with Gasteiger partial charge in [0.05, 0.1) is 6.10 Å². The van der Waals surface area contributed by atoms with Crippen molar-refractivity contribution < 1.29 is 13.9 Å². The first-order valence-electron chi connectivity index (χ1n) is 6.63. The molecule has 2 nitrogen and oxygen atoms in total. The molecule has 0 spiro atoms. The van der Waals surface area contributed by atoms with E-state index in [-0.39, 0.29) is 6.42 Å². The largest absolute Gasteiger partial charge is 0.392 e. The Balaban J connectivity index is 1.98. The van der Waals surface area contributed by atoms with Gasteiger partial charge in [0.2, 0.25) is 0 Å². The van der Waals surface area contributed by atoms with Gasteiger partial charge in [-0.25, -0.2) is 8.78 Å². The fourth-order valence-electron chi connectivity index (χ4n) is 2.10. The lowest BCUT2D eigenvalue weighted by Gasteiger charge is -2.11. The number of hydrogen-bond acceptors (Lipinski definition) is 2. The van der Waals surface area contributed by atoms with Gasteiger partial charge in [-0.15, -0.1) is 0 Å². The number of halogens is 2. The van der Waals surface area contributed by atoms with Crippen LogP contribution < -0.4 is 0 Å². The van der Waals surface area contributed by atoms with Gasteiger partial charge in [-0.1, -0.05) is 13.0 Å². The number of pyridine rings is 1. The van der Waals surface area contributed by atoms with Crippen LogP contribution in [0.5, 0.6) is 0 Å². The molecule has 1 N–H and O–H groups in total. The number of hydrogen-bond donors (Lipinski definition) is 1. The molecule has 0 bridgehead atoms. The zero-order valence-electron chi connectivity index (χ0n) is 11.3. The lowest BCUT2D eigenvalue weighted by atomic mass is 10.0. The maximum absolute atomic E-state index is 13.1. The molecule has 2 rings (SSSR count). The van der Waals surface area contributed by atoms with Gasteiger partial charge in [-0.05, 0) is 42.2 Å². The molecule has 0 aliphatic carbocycles. The third kappa shape index (κ3) is 4.10. The average molecular weight is 277 g/mol. The lowest BCUT2D eigenvalue weighted by molar-refractivity contribution is 0.174. The predicted octanol–water partition coefficient (Wildman–Crippen LogP) is 3.07. The van der Waals surface area contributed by atoms with Crippen molar-refractivity contribution in [2.75, 3.05) is 0 Å². The maximum Gasteiger partial charge on any atom is 0.126 e. The first-order chi connectivity index (χ1) is 9.56. The Morgan fingerprint density at radius 1 is 1.05 bits per heavy atom. The monoisotopic (exact) mass is 277 g/mol. The summed E-state index contributed by atoms with van der Waals surface area (Å²) in [6.07, 6.45) is 2.55. The molecule has 0 radical (unpaired) electrons. The highest BCUT2D eigenvalue weighted by molar-refractivity contribution is 5.19. The van der Waals surface area contributed by atoms with Gasteiger partial charge in [-0.2, -0.15) is 0 Å². The fraction of sp³-hybridized carbons (Fsp3) is 0.312. The molecule has 20 heavy (non-hydrogen) atoms. The van der Waals surface area contributed by atoms with E-state index < -0.39 is 17.7 Å². The number of aryl methyl sites for hydroxylation is 1. The van der Waals surface area contributed by atoms with E-state index in [4.69, 9.17) is 0 Å². The van der Waals surface area contributed by atoms with Crippen LogP contribution in [-0.2, 0) is 19.3 Å². The summed E-state index contributed by atoms with van der Waals surface area (Å²) in [4.78, 5) is 4.26. The van der Waals surface area contributed by atoms with Crippen LogP contribution in [0.1, 0.15) is 23.7 Å². The zero-order valence-corrected chi connectivity index (χ0v) is 11.3. The predicted molar refractivity (Wildman–Crippen MR) is 73.4 cm³/mol. The normalized spacial score (nSPS) is 12.4. The van der Waals surface area contributed by atoms with Gasteiger partial charge in [0, 0.05) is 24.4 Å². The average Bonchev–Trinajstić information content (AvgIpc) is 2.38. The van der Waals surface area contributed by atoms with E-state index in [2.05, 4.69) is 4.98 Å². The number of nitrogens with zero attached hydrogens (tertiary/aromatic N) is 1. The second-order valence-corrected chi connectivity index (χ2v) is 4.85. The van der Waals surface area contributed by atoms with E-state index in [1.807, 2.05) is 19.1 Å². The molecule has 0 amide bonds. The zero-order chi connectivity index (χ0) is 14.5.